The standard InChI is InChI=1S/C6H17P2S/c1-5-8(4,6-2)7(3)9/h9H,5-6H2,1-4H3/q+1. The summed E-state index contributed by atoms with van der Waals surface area (Å²) in [6.07, 6.45) is 2.74. The number of hydrogen-bond donors (Lipinski definition) is 1. The van der Waals surface area contributed by atoms with Gasteiger partial charge in [0.2, 0.25) is 0 Å². The second-order valence-corrected chi connectivity index (χ2v) is 14.8. The zero-order chi connectivity index (χ0) is 7.49. The fourth-order valence-corrected chi connectivity index (χ4v) is 6.63. The Morgan fingerprint density at radius 1 is 1.33 bits per heavy atom. The second-order valence-electron chi connectivity index (χ2n) is 2.46. The number of rotatable bonds is 3. The molecular weight excluding hydrogens is 166 g/mol. The normalized spacial score (nSPS) is 15.7. The molecule has 0 saturated heterocycles. The van der Waals surface area contributed by atoms with Gasteiger partial charge in [-0.15, -0.1) is 12.2 Å². The molecule has 1 atom stereocenters. The lowest BCUT2D eigenvalue weighted by molar-refractivity contribution is 1.40. The molecule has 9 heavy (non-hydrogen) atoms. The zero-order valence-corrected chi connectivity index (χ0v) is 9.44. The molecule has 0 fully saturated rings. The average molecular weight is 183 g/mol. The Hall–Kier alpha value is 1.21. The lowest BCUT2D eigenvalue weighted by Crippen LogP contribution is -1.91. The third-order valence-corrected chi connectivity index (χ3v) is 16.0. The van der Waals surface area contributed by atoms with Crippen LogP contribution in [0.5, 0.6) is 0 Å². The summed E-state index contributed by atoms with van der Waals surface area (Å²) < 4.78 is 0. The van der Waals surface area contributed by atoms with Gasteiger partial charge >= 0.3 is 0 Å². The van der Waals surface area contributed by atoms with E-state index in [-0.39, 0.29) is 6.81 Å². The van der Waals surface area contributed by atoms with Crippen LogP contribution in [-0.2, 0) is 0 Å². The van der Waals surface area contributed by atoms with E-state index in [0.717, 1.165) is 0 Å². The fourth-order valence-electron chi connectivity index (χ4n) is 0.633. The van der Waals surface area contributed by atoms with Gasteiger partial charge < -0.3 is 0 Å². The highest BCUT2D eigenvalue weighted by atomic mass is 32.9. The van der Waals surface area contributed by atoms with Crippen LogP contribution >= 0.6 is 26.0 Å². The SMILES string of the molecule is CC[P+](C)(CC)P(C)S. The van der Waals surface area contributed by atoms with Crippen LogP contribution in [0.15, 0.2) is 0 Å². The molecule has 0 aliphatic carbocycles. The molecule has 0 N–H and O–H groups in total. The van der Waals surface area contributed by atoms with Crippen molar-refractivity contribution in [2.24, 2.45) is 0 Å². The molecule has 0 aromatic rings. The van der Waals surface area contributed by atoms with Gasteiger partial charge in [-0.3, -0.25) is 0 Å². The number of hydrogen-bond acceptors (Lipinski definition) is 1. The van der Waals surface area contributed by atoms with Crippen molar-refractivity contribution in [3.05, 3.63) is 0 Å². The molecule has 0 rings (SSSR count). The summed E-state index contributed by atoms with van der Waals surface area (Å²) in [4.78, 5) is 0. The Bertz CT molecular complexity index is 79.1. The van der Waals surface area contributed by atoms with E-state index in [9.17, 15) is 0 Å². The van der Waals surface area contributed by atoms with Crippen LogP contribution in [0.1, 0.15) is 13.8 Å². The molecule has 56 valence electrons. The van der Waals surface area contributed by atoms with Crippen molar-refractivity contribution in [1.29, 1.82) is 0 Å². The van der Waals surface area contributed by atoms with Gasteiger partial charge in [-0.1, -0.05) is 0 Å². The highest BCUT2D eigenvalue weighted by molar-refractivity contribution is 8.73. The Morgan fingerprint density at radius 3 is 1.67 bits per heavy atom. The summed E-state index contributed by atoms with van der Waals surface area (Å²) in [5.74, 6) is 0. The molecule has 0 heterocycles. The van der Waals surface area contributed by atoms with E-state index in [4.69, 9.17) is 0 Å². The largest absolute Gasteiger partial charge is 0.110 e. The zero-order valence-electron chi connectivity index (χ0n) is 6.76. The Balaban J connectivity index is 3.92. The van der Waals surface area contributed by atoms with Gasteiger partial charge in [0.15, 0.2) is 0 Å². The molecule has 0 bridgehead atoms. The van der Waals surface area contributed by atoms with Crippen LogP contribution in [0.25, 0.3) is 0 Å². The Kier molecular flexibility index (Phi) is 4.72. The minimum Gasteiger partial charge on any atom is -0.110 e. The lowest BCUT2D eigenvalue weighted by Gasteiger charge is -2.22. The van der Waals surface area contributed by atoms with E-state index in [2.05, 4.69) is 39.4 Å². The van der Waals surface area contributed by atoms with Gasteiger partial charge in [-0.05, 0) is 13.8 Å². The third kappa shape index (κ3) is 2.74. The van der Waals surface area contributed by atoms with Crippen LogP contribution in [-0.4, -0.2) is 25.7 Å². The van der Waals surface area contributed by atoms with E-state index in [1.54, 1.807) is 0 Å². The molecule has 0 radical (unpaired) electrons. The van der Waals surface area contributed by atoms with Crippen LogP contribution in [0.3, 0.4) is 0 Å². The molecule has 3 heteroatoms. The van der Waals surface area contributed by atoms with Gasteiger partial charge in [0.05, 0.1) is 19.0 Å². The molecular formula is C6H17P2S+. The van der Waals surface area contributed by atoms with Crippen molar-refractivity contribution >= 4 is 26.0 Å². The smallest absolute Gasteiger partial charge is 0.108 e. The van der Waals surface area contributed by atoms with E-state index < -0.39 is 6.95 Å². The van der Waals surface area contributed by atoms with E-state index in [1.807, 2.05) is 0 Å². The molecule has 0 amide bonds. The van der Waals surface area contributed by atoms with Crippen molar-refractivity contribution in [2.75, 3.05) is 25.7 Å². The minimum absolute atomic E-state index is 0.0594. The quantitative estimate of drug-likeness (QED) is 0.502. The maximum Gasteiger partial charge on any atom is 0.108 e. The third-order valence-electron chi connectivity index (χ3n) is 2.06. The van der Waals surface area contributed by atoms with Crippen molar-refractivity contribution in [3.8, 4) is 0 Å². The first kappa shape index (κ1) is 10.2. The van der Waals surface area contributed by atoms with Gasteiger partial charge in [0.1, 0.15) is 6.81 Å². The summed E-state index contributed by atoms with van der Waals surface area (Å²) in [5, 5.41) is 0. The van der Waals surface area contributed by atoms with Crippen LogP contribution in [0.4, 0.5) is 0 Å². The molecule has 0 aromatic carbocycles. The van der Waals surface area contributed by atoms with E-state index in [1.165, 1.54) is 12.3 Å². The molecule has 0 aliphatic rings. The van der Waals surface area contributed by atoms with Crippen LogP contribution in [0.2, 0.25) is 0 Å². The van der Waals surface area contributed by atoms with Crippen LogP contribution < -0.4 is 0 Å². The predicted molar refractivity (Wildman–Crippen MR) is 55.8 cm³/mol. The highest BCUT2D eigenvalue weighted by Gasteiger charge is 2.32. The second kappa shape index (κ2) is 4.16. The first-order chi connectivity index (χ1) is 4.06. The molecule has 0 aromatic heterocycles. The Morgan fingerprint density at radius 2 is 1.67 bits per heavy atom. The first-order valence-corrected chi connectivity index (χ1v) is 9.59. The average Bonchev–Trinajstić information content (AvgIpc) is 1.86. The maximum absolute atomic E-state index is 4.55. The number of thiol groups is 1. The van der Waals surface area contributed by atoms with Gasteiger partial charge in [0.25, 0.3) is 0 Å². The van der Waals surface area contributed by atoms with Gasteiger partial charge in [-0.2, -0.15) is 0 Å². The fraction of sp³-hybridized carbons (Fsp3) is 1.00. The molecule has 0 spiro atoms. The predicted octanol–water partition coefficient (Wildman–Crippen LogP) is 3.55. The molecule has 0 saturated carbocycles. The van der Waals surface area contributed by atoms with Gasteiger partial charge in [0, 0.05) is 13.6 Å². The van der Waals surface area contributed by atoms with Crippen molar-refractivity contribution < 1.29 is 0 Å². The van der Waals surface area contributed by atoms with Gasteiger partial charge in [-0.25, -0.2) is 0 Å². The van der Waals surface area contributed by atoms with E-state index >= 15 is 0 Å². The first-order valence-electron chi connectivity index (χ1n) is 3.34. The molecule has 1 unspecified atom stereocenters. The summed E-state index contributed by atoms with van der Waals surface area (Å²) in [6.45, 7) is 8.81. The monoisotopic (exact) mass is 183 g/mol. The topological polar surface area (TPSA) is 0 Å². The van der Waals surface area contributed by atoms with Crippen LogP contribution in [0, 0.1) is 0 Å². The Labute approximate surface area is 65.9 Å². The summed E-state index contributed by atoms with van der Waals surface area (Å²) in [7, 11) is 0. The molecule has 0 nitrogen and oxygen atoms in total. The lowest BCUT2D eigenvalue weighted by atomic mass is 11.0. The summed E-state index contributed by atoms with van der Waals surface area (Å²) in [5.41, 5.74) is 0. The maximum atomic E-state index is 4.55. The molecule has 0 aliphatic heterocycles. The highest BCUT2D eigenvalue weighted by Crippen LogP contribution is 2.82. The minimum atomic E-state index is -0.574. The van der Waals surface area contributed by atoms with Crippen molar-refractivity contribution in [3.63, 3.8) is 0 Å². The van der Waals surface area contributed by atoms with Crippen molar-refractivity contribution in [1.82, 2.24) is 0 Å². The summed E-state index contributed by atoms with van der Waals surface area (Å²) in [6, 6.07) is 0. The van der Waals surface area contributed by atoms with E-state index in [0.29, 0.717) is 0 Å². The summed E-state index contributed by atoms with van der Waals surface area (Å²) >= 11 is 4.55. The van der Waals surface area contributed by atoms with Crippen molar-refractivity contribution in [2.45, 2.75) is 13.8 Å².